The van der Waals surface area contributed by atoms with Crippen molar-refractivity contribution in [1.82, 2.24) is 19.8 Å². The summed E-state index contributed by atoms with van der Waals surface area (Å²) in [5, 5.41) is 0. The van der Waals surface area contributed by atoms with Gasteiger partial charge < -0.3 is 9.88 Å². The maximum Gasteiger partial charge on any atom is 0.254 e. The Morgan fingerprint density at radius 3 is 2.83 bits per heavy atom. The van der Waals surface area contributed by atoms with Crippen molar-refractivity contribution in [2.24, 2.45) is 0 Å². The highest BCUT2D eigenvalue weighted by molar-refractivity contribution is 5.97. The number of carbonyl (C=O) groups is 1. The monoisotopic (exact) mass is 320 g/mol. The Labute approximate surface area is 140 Å². The average molecular weight is 320 g/mol. The number of imidazole rings is 1. The summed E-state index contributed by atoms with van der Waals surface area (Å²) in [6.07, 6.45) is 1.65. The van der Waals surface area contributed by atoms with Gasteiger partial charge in [-0.1, -0.05) is 30.3 Å². The van der Waals surface area contributed by atoms with Crippen LogP contribution in [0.4, 0.5) is 0 Å². The van der Waals surface area contributed by atoms with Crippen LogP contribution >= 0.6 is 0 Å². The van der Waals surface area contributed by atoms with Crippen LogP contribution in [-0.4, -0.2) is 52.4 Å². The quantitative estimate of drug-likeness (QED) is 0.790. The Morgan fingerprint density at radius 2 is 2.00 bits per heavy atom. The molecule has 0 unspecified atom stereocenters. The maximum atomic E-state index is 12.9. The molecule has 5 heteroatoms. The van der Waals surface area contributed by atoms with Gasteiger partial charge >= 0.3 is 0 Å². The van der Waals surface area contributed by atoms with Crippen molar-refractivity contribution in [3.05, 3.63) is 66.0 Å². The van der Waals surface area contributed by atoms with E-state index in [1.807, 2.05) is 29.2 Å². The molecule has 0 spiro atoms. The van der Waals surface area contributed by atoms with Gasteiger partial charge in [-0.2, -0.15) is 0 Å². The van der Waals surface area contributed by atoms with Crippen molar-refractivity contribution in [2.75, 3.05) is 26.7 Å². The average Bonchev–Trinajstić information content (AvgIpc) is 3.10. The topological polar surface area (TPSA) is 52.2 Å². The van der Waals surface area contributed by atoms with Crippen LogP contribution in [0.2, 0.25) is 0 Å². The van der Waals surface area contributed by atoms with E-state index in [0.29, 0.717) is 12.1 Å². The third kappa shape index (κ3) is 2.67. The van der Waals surface area contributed by atoms with E-state index in [4.69, 9.17) is 0 Å². The lowest BCUT2D eigenvalue weighted by molar-refractivity contribution is 0.0546. The number of nitrogens with one attached hydrogen (secondary N) is 1. The number of aromatic amines is 1. The Hall–Kier alpha value is -2.66. The van der Waals surface area contributed by atoms with Gasteiger partial charge in [0.1, 0.15) is 0 Å². The first-order chi connectivity index (χ1) is 11.7. The number of hydrogen-bond donors (Lipinski definition) is 1. The lowest BCUT2D eigenvalue weighted by Gasteiger charge is -2.39. The molecular formula is C19H20N4O. The van der Waals surface area contributed by atoms with Crippen molar-refractivity contribution < 1.29 is 4.79 Å². The Kier molecular flexibility index (Phi) is 3.78. The minimum atomic E-state index is 0.0838. The molecule has 1 fully saturated rings. The van der Waals surface area contributed by atoms with E-state index in [1.165, 1.54) is 5.56 Å². The molecule has 3 aromatic rings. The molecule has 0 saturated carbocycles. The molecule has 1 saturated heterocycles. The number of carbonyl (C=O) groups excluding carboxylic acids is 1. The molecular weight excluding hydrogens is 300 g/mol. The molecule has 0 radical (unpaired) electrons. The predicted molar refractivity (Wildman–Crippen MR) is 93.8 cm³/mol. The summed E-state index contributed by atoms with van der Waals surface area (Å²) >= 11 is 0. The summed E-state index contributed by atoms with van der Waals surface area (Å²) in [5.74, 6) is 0.0838. The molecule has 122 valence electrons. The number of aromatic nitrogens is 2. The van der Waals surface area contributed by atoms with Gasteiger partial charge in [0.25, 0.3) is 5.91 Å². The molecule has 1 N–H and O–H groups in total. The van der Waals surface area contributed by atoms with Gasteiger partial charge in [0.2, 0.25) is 0 Å². The molecule has 0 aliphatic carbocycles. The zero-order chi connectivity index (χ0) is 16.5. The third-order valence-electron chi connectivity index (χ3n) is 4.79. The summed E-state index contributed by atoms with van der Waals surface area (Å²) in [5.41, 5.74) is 3.74. The molecule has 4 rings (SSSR count). The predicted octanol–water partition coefficient (Wildman–Crippen LogP) is 2.69. The van der Waals surface area contributed by atoms with Gasteiger partial charge in [-0.25, -0.2) is 4.98 Å². The van der Waals surface area contributed by atoms with Crippen molar-refractivity contribution in [3.8, 4) is 0 Å². The number of H-pyrrole nitrogens is 1. The molecule has 0 bridgehead atoms. The van der Waals surface area contributed by atoms with Crippen LogP contribution in [0.15, 0.2) is 54.9 Å². The van der Waals surface area contributed by atoms with E-state index in [-0.39, 0.29) is 11.9 Å². The van der Waals surface area contributed by atoms with E-state index >= 15 is 0 Å². The van der Waals surface area contributed by atoms with E-state index < -0.39 is 0 Å². The maximum absolute atomic E-state index is 12.9. The van der Waals surface area contributed by atoms with Crippen LogP contribution < -0.4 is 0 Å². The Morgan fingerprint density at radius 1 is 1.17 bits per heavy atom. The number of piperazine rings is 1. The standard InChI is InChI=1S/C19H20N4O/c1-22-9-10-23(12-18(22)14-5-3-2-4-6-14)19(24)15-7-8-16-17(11-15)21-13-20-16/h2-8,11,13,18H,9-10,12H2,1H3,(H,20,21)/t18-/m1/s1. The fourth-order valence-corrected chi connectivity index (χ4v) is 3.34. The summed E-state index contributed by atoms with van der Waals surface area (Å²) in [6.45, 7) is 2.33. The molecule has 1 aliphatic heterocycles. The number of benzene rings is 2. The highest BCUT2D eigenvalue weighted by Crippen LogP contribution is 2.25. The van der Waals surface area contributed by atoms with Crippen LogP contribution in [0.25, 0.3) is 11.0 Å². The first-order valence-electron chi connectivity index (χ1n) is 8.20. The number of amides is 1. The van der Waals surface area contributed by atoms with Crippen molar-refractivity contribution in [1.29, 1.82) is 0 Å². The largest absolute Gasteiger partial charge is 0.345 e. The first kappa shape index (κ1) is 14.9. The minimum absolute atomic E-state index is 0.0838. The summed E-state index contributed by atoms with van der Waals surface area (Å²) in [6, 6.07) is 16.3. The van der Waals surface area contributed by atoms with Crippen molar-refractivity contribution in [2.45, 2.75) is 6.04 Å². The van der Waals surface area contributed by atoms with Gasteiger partial charge in [-0.15, -0.1) is 0 Å². The van der Waals surface area contributed by atoms with Gasteiger partial charge in [-0.05, 0) is 30.8 Å². The van der Waals surface area contributed by atoms with E-state index in [0.717, 1.165) is 24.1 Å². The number of hydrogen-bond acceptors (Lipinski definition) is 3. The molecule has 2 heterocycles. The lowest BCUT2D eigenvalue weighted by atomic mass is 10.0. The zero-order valence-electron chi connectivity index (χ0n) is 13.6. The fourth-order valence-electron chi connectivity index (χ4n) is 3.34. The van der Waals surface area contributed by atoms with E-state index in [9.17, 15) is 4.79 Å². The molecule has 5 nitrogen and oxygen atoms in total. The van der Waals surface area contributed by atoms with Crippen molar-refractivity contribution in [3.63, 3.8) is 0 Å². The molecule has 1 aromatic heterocycles. The molecule has 24 heavy (non-hydrogen) atoms. The van der Waals surface area contributed by atoms with Crippen LogP contribution in [-0.2, 0) is 0 Å². The van der Waals surface area contributed by atoms with Gasteiger partial charge in [-0.3, -0.25) is 9.69 Å². The molecule has 1 aliphatic rings. The van der Waals surface area contributed by atoms with Crippen LogP contribution in [0.3, 0.4) is 0 Å². The first-order valence-corrected chi connectivity index (χ1v) is 8.20. The fraction of sp³-hybridized carbons (Fsp3) is 0.263. The van der Waals surface area contributed by atoms with E-state index in [1.54, 1.807) is 6.33 Å². The smallest absolute Gasteiger partial charge is 0.254 e. The summed E-state index contributed by atoms with van der Waals surface area (Å²) < 4.78 is 0. The normalized spacial score (nSPS) is 18.9. The SMILES string of the molecule is CN1CCN(C(=O)c2ccc3nc[nH]c3c2)C[C@@H]1c1ccccc1. The van der Waals surface area contributed by atoms with Gasteiger partial charge in [0, 0.05) is 25.2 Å². The van der Waals surface area contributed by atoms with Crippen LogP contribution in [0, 0.1) is 0 Å². The van der Waals surface area contributed by atoms with Crippen LogP contribution in [0.1, 0.15) is 22.0 Å². The highest BCUT2D eigenvalue weighted by atomic mass is 16.2. The van der Waals surface area contributed by atoms with E-state index in [2.05, 4.69) is 46.2 Å². The zero-order valence-corrected chi connectivity index (χ0v) is 13.6. The second-order valence-electron chi connectivity index (χ2n) is 6.29. The summed E-state index contributed by atoms with van der Waals surface area (Å²) in [4.78, 5) is 24.5. The lowest BCUT2D eigenvalue weighted by Crippen LogP contribution is -2.49. The molecule has 1 amide bonds. The van der Waals surface area contributed by atoms with Gasteiger partial charge in [0.05, 0.1) is 23.4 Å². The Bertz CT molecular complexity index is 858. The number of rotatable bonds is 2. The number of likely N-dealkylation sites (N-methyl/N-ethyl adjacent to an activating group) is 1. The minimum Gasteiger partial charge on any atom is -0.345 e. The van der Waals surface area contributed by atoms with Crippen LogP contribution in [0.5, 0.6) is 0 Å². The molecule has 2 aromatic carbocycles. The third-order valence-corrected chi connectivity index (χ3v) is 4.79. The Balaban J connectivity index is 1.58. The number of nitrogens with zero attached hydrogens (tertiary/aromatic N) is 3. The number of fused-ring (bicyclic) bond motifs is 1. The summed E-state index contributed by atoms with van der Waals surface area (Å²) in [7, 11) is 2.12. The van der Waals surface area contributed by atoms with Crippen molar-refractivity contribution >= 4 is 16.9 Å². The molecule has 1 atom stereocenters. The van der Waals surface area contributed by atoms with Gasteiger partial charge in [0.15, 0.2) is 0 Å². The highest BCUT2D eigenvalue weighted by Gasteiger charge is 2.28. The second-order valence-corrected chi connectivity index (χ2v) is 6.29. The second kappa shape index (κ2) is 6.09.